The summed E-state index contributed by atoms with van der Waals surface area (Å²) in [6.45, 7) is 1.18. The highest BCUT2D eigenvalue weighted by Crippen LogP contribution is 2.30. The van der Waals surface area contributed by atoms with Gasteiger partial charge in [0.1, 0.15) is 12.2 Å². The number of rotatable bonds is 4. The van der Waals surface area contributed by atoms with Gasteiger partial charge >= 0.3 is 0 Å². The molecule has 26 heavy (non-hydrogen) atoms. The fourth-order valence-electron chi connectivity index (χ4n) is 2.48. The molecule has 9 heteroatoms. The summed E-state index contributed by atoms with van der Waals surface area (Å²) >= 11 is 1.25. The Kier molecular flexibility index (Phi) is 4.90. The SMILES string of the molecule is CC(=O)c1ccc(NC(=O)Cn2ncc3c(c2=O)N(C)C(=O)CS3)cc1. The van der Waals surface area contributed by atoms with Crippen LogP contribution in [0.5, 0.6) is 0 Å². The van der Waals surface area contributed by atoms with Crippen LogP contribution in [0.15, 0.2) is 40.2 Å². The average molecular weight is 372 g/mol. The molecule has 1 N–H and O–H groups in total. The maximum Gasteiger partial charge on any atom is 0.292 e. The number of carbonyl (C=O) groups excluding carboxylic acids is 3. The second-order valence-corrected chi connectivity index (χ2v) is 6.76. The Balaban J connectivity index is 1.77. The maximum absolute atomic E-state index is 12.6. The number of ketones is 1. The molecule has 134 valence electrons. The molecule has 0 aliphatic carbocycles. The maximum atomic E-state index is 12.6. The fraction of sp³-hybridized carbons (Fsp3) is 0.235. The Morgan fingerprint density at radius 2 is 1.92 bits per heavy atom. The van der Waals surface area contributed by atoms with E-state index in [1.165, 1.54) is 36.8 Å². The van der Waals surface area contributed by atoms with Crippen LogP contribution in [-0.4, -0.2) is 40.2 Å². The molecule has 2 amide bonds. The van der Waals surface area contributed by atoms with Gasteiger partial charge in [-0.15, -0.1) is 11.8 Å². The van der Waals surface area contributed by atoms with Gasteiger partial charge in [-0.2, -0.15) is 5.10 Å². The molecule has 0 radical (unpaired) electrons. The smallest absolute Gasteiger partial charge is 0.292 e. The molecular formula is C17H16N4O4S. The molecule has 0 spiro atoms. The van der Waals surface area contributed by atoms with Crippen molar-refractivity contribution in [3.05, 3.63) is 46.4 Å². The highest BCUT2D eigenvalue weighted by atomic mass is 32.2. The second-order valence-electron chi connectivity index (χ2n) is 5.74. The topological polar surface area (TPSA) is 101 Å². The normalized spacial score (nSPS) is 13.3. The highest BCUT2D eigenvalue weighted by Gasteiger charge is 2.26. The summed E-state index contributed by atoms with van der Waals surface area (Å²) in [4.78, 5) is 49.7. The third-order valence-corrected chi connectivity index (χ3v) is 4.92. The first-order valence-electron chi connectivity index (χ1n) is 7.77. The summed E-state index contributed by atoms with van der Waals surface area (Å²) in [5.74, 6) is -0.421. The van der Waals surface area contributed by atoms with E-state index in [-0.39, 0.29) is 29.7 Å². The first-order valence-corrected chi connectivity index (χ1v) is 8.75. The van der Waals surface area contributed by atoms with Gasteiger partial charge in [-0.05, 0) is 31.2 Å². The van der Waals surface area contributed by atoms with Crippen LogP contribution in [0.25, 0.3) is 0 Å². The van der Waals surface area contributed by atoms with Gasteiger partial charge in [0.15, 0.2) is 5.78 Å². The van der Waals surface area contributed by atoms with E-state index >= 15 is 0 Å². The van der Waals surface area contributed by atoms with Crippen molar-refractivity contribution in [3.8, 4) is 0 Å². The monoisotopic (exact) mass is 372 g/mol. The molecule has 0 atom stereocenters. The molecule has 3 rings (SSSR count). The summed E-state index contributed by atoms with van der Waals surface area (Å²) in [6.07, 6.45) is 1.49. The van der Waals surface area contributed by atoms with Crippen LogP contribution in [-0.2, 0) is 16.1 Å². The molecule has 2 heterocycles. The number of aromatic nitrogens is 2. The van der Waals surface area contributed by atoms with Crippen molar-refractivity contribution in [2.24, 2.45) is 0 Å². The summed E-state index contributed by atoms with van der Waals surface area (Å²) in [5, 5.41) is 6.66. The Morgan fingerprint density at radius 1 is 1.23 bits per heavy atom. The molecule has 0 fully saturated rings. The number of fused-ring (bicyclic) bond motifs is 1. The number of amides is 2. The van der Waals surface area contributed by atoms with Crippen molar-refractivity contribution in [2.45, 2.75) is 18.4 Å². The van der Waals surface area contributed by atoms with E-state index in [0.717, 1.165) is 4.68 Å². The zero-order valence-corrected chi connectivity index (χ0v) is 15.0. The van der Waals surface area contributed by atoms with E-state index in [4.69, 9.17) is 0 Å². The van der Waals surface area contributed by atoms with E-state index < -0.39 is 11.5 Å². The lowest BCUT2D eigenvalue weighted by atomic mass is 10.1. The van der Waals surface area contributed by atoms with E-state index in [9.17, 15) is 19.2 Å². The van der Waals surface area contributed by atoms with Crippen molar-refractivity contribution in [1.29, 1.82) is 0 Å². The number of nitrogens with one attached hydrogen (secondary N) is 1. The first-order chi connectivity index (χ1) is 12.4. The van der Waals surface area contributed by atoms with Gasteiger partial charge in [-0.1, -0.05) is 0 Å². The average Bonchev–Trinajstić information content (AvgIpc) is 2.61. The fourth-order valence-corrected chi connectivity index (χ4v) is 3.43. The van der Waals surface area contributed by atoms with Gasteiger partial charge in [0, 0.05) is 18.3 Å². The van der Waals surface area contributed by atoms with Crippen LogP contribution < -0.4 is 15.8 Å². The predicted octanol–water partition coefficient (Wildman–Crippen LogP) is 1.15. The Labute approximate surface area is 153 Å². The Morgan fingerprint density at radius 3 is 2.58 bits per heavy atom. The molecular weight excluding hydrogens is 356 g/mol. The number of anilines is 2. The molecule has 1 aromatic heterocycles. The molecule has 1 aliphatic heterocycles. The van der Waals surface area contributed by atoms with Gasteiger partial charge < -0.3 is 10.2 Å². The van der Waals surface area contributed by atoms with E-state index in [0.29, 0.717) is 16.1 Å². The minimum atomic E-state index is -0.493. The van der Waals surface area contributed by atoms with Gasteiger partial charge in [0.05, 0.1) is 16.8 Å². The van der Waals surface area contributed by atoms with E-state index in [1.54, 1.807) is 24.3 Å². The van der Waals surface area contributed by atoms with Gasteiger partial charge in [-0.25, -0.2) is 4.68 Å². The van der Waals surface area contributed by atoms with Crippen LogP contribution >= 0.6 is 11.8 Å². The largest absolute Gasteiger partial charge is 0.324 e. The van der Waals surface area contributed by atoms with Gasteiger partial charge in [0.2, 0.25) is 11.8 Å². The lowest BCUT2D eigenvalue weighted by Gasteiger charge is -2.24. The number of benzene rings is 1. The summed E-state index contributed by atoms with van der Waals surface area (Å²) in [7, 11) is 1.53. The van der Waals surface area contributed by atoms with Crippen LogP contribution in [0.3, 0.4) is 0 Å². The van der Waals surface area contributed by atoms with Crippen LogP contribution in [0, 0.1) is 0 Å². The van der Waals surface area contributed by atoms with Crippen LogP contribution in [0.1, 0.15) is 17.3 Å². The minimum Gasteiger partial charge on any atom is -0.324 e. The number of Topliss-reactive ketones (excluding diaryl/α,β-unsaturated/α-hetero) is 1. The molecule has 0 saturated carbocycles. The van der Waals surface area contributed by atoms with Crippen LogP contribution in [0.4, 0.5) is 11.4 Å². The van der Waals surface area contributed by atoms with Crippen LogP contribution in [0.2, 0.25) is 0 Å². The van der Waals surface area contributed by atoms with Gasteiger partial charge in [-0.3, -0.25) is 19.2 Å². The zero-order valence-electron chi connectivity index (χ0n) is 14.2. The van der Waals surface area contributed by atoms with E-state index in [1.807, 2.05) is 0 Å². The third-order valence-electron chi connectivity index (χ3n) is 3.91. The number of nitrogens with zero attached hydrogens (tertiary/aromatic N) is 3. The molecule has 1 aliphatic rings. The third kappa shape index (κ3) is 3.52. The lowest BCUT2D eigenvalue weighted by Crippen LogP contribution is -2.40. The minimum absolute atomic E-state index is 0.0655. The highest BCUT2D eigenvalue weighted by molar-refractivity contribution is 8.00. The Hall–Kier alpha value is -2.94. The summed E-state index contributed by atoms with van der Waals surface area (Å²) in [5.41, 5.74) is 0.794. The number of carbonyl (C=O) groups is 3. The van der Waals surface area contributed by atoms with Crippen molar-refractivity contribution in [2.75, 3.05) is 23.0 Å². The summed E-state index contributed by atoms with van der Waals surface area (Å²) in [6, 6.07) is 6.44. The number of hydrogen-bond donors (Lipinski definition) is 1. The molecule has 8 nitrogen and oxygen atoms in total. The van der Waals surface area contributed by atoms with Gasteiger partial charge in [0.25, 0.3) is 5.56 Å². The van der Waals surface area contributed by atoms with E-state index in [2.05, 4.69) is 10.4 Å². The zero-order chi connectivity index (χ0) is 18.8. The molecule has 0 saturated heterocycles. The standard InChI is InChI=1S/C17H16N4O4S/c1-10(22)11-3-5-12(6-4-11)19-14(23)8-21-17(25)16-13(7-18-21)26-9-15(24)20(16)2/h3-7H,8-9H2,1-2H3,(H,19,23). The van der Waals surface area contributed by atoms with Crippen molar-refractivity contribution in [3.63, 3.8) is 0 Å². The number of thioether (sulfide) groups is 1. The summed E-state index contributed by atoms with van der Waals surface area (Å²) < 4.78 is 1.02. The lowest BCUT2D eigenvalue weighted by molar-refractivity contribution is -0.117. The first kappa shape index (κ1) is 17.9. The predicted molar refractivity (Wildman–Crippen MR) is 97.7 cm³/mol. The molecule has 0 unspecified atom stereocenters. The van der Waals surface area contributed by atoms with Crippen molar-refractivity contribution in [1.82, 2.24) is 9.78 Å². The Bertz CT molecular complexity index is 952. The molecule has 1 aromatic carbocycles. The molecule has 0 bridgehead atoms. The van der Waals surface area contributed by atoms with Crippen molar-refractivity contribution >= 4 is 40.7 Å². The van der Waals surface area contributed by atoms with Crippen molar-refractivity contribution < 1.29 is 14.4 Å². The number of hydrogen-bond acceptors (Lipinski definition) is 6. The second kappa shape index (κ2) is 7.12. The molecule has 2 aromatic rings. The quantitative estimate of drug-likeness (QED) is 0.808.